The summed E-state index contributed by atoms with van der Waals surface area (Å²) in [6.07, 6.45) is -1.43. The highest BCUT2D eigenvalue weighted by molar-refractivity contribution is 9.10. The lowest BCUT2D eigenvalue weighted by Gasteiger charge is -2.37. The molecule has 0 aliphatic carbocycles. The minimum absolute atomic E-state index is 0.108. The summed E-state index contributed by atoms with van der Waals surface area (Å²) in [4.78, 5) is 30.5. The van der Waals surface area contributed by atoms with Crippen LogP contribution in [0.5, 0.6) is 5.75 Å². The predicted molar refractivity (Wildman–Crippen MR) is 141 cm³/mol. The van der Waals surface area contributed by atoms with Crippen molar-refractivity contribution in [2.24, 2.45) is 0 Å². The number of hydrogen-bond acceptors (Lipinski definition) is 6. The first kappa shape index (κ1) is 28.8. The van der Waals surface area contributed by atoms with Gasteiger partial charge in [0.1, 0.15) is 5.75 Å². The number of carboxylic acid groups (broad SMARTS) is 1. The van der Waals surface area contributed by atoms with E-state index >= 15 is 0 Å². The average Bonchev–Trinajstić information content (AvgIpc) is 2.92. The van der Waals surface area contributed by atoms with Gasteiger partial charge in [0.05, 0.1) is 7.11 Å². The van der Waals surface area contributed by atoms with Crippen molar-refractivity contribution < 1.29 is 32.6 Å². The third kappa shape index (κ3) is 8.10. The van der Waals surface area contributed by atoms with E-state index in [-0.39, 0.29) is 5.91 Å². The minimum Gasteiger partial charge on any atom is -0.496 e. The number of nitrogens with one attached hydrogen (secondary N) is 1. The van der Waals surface area contributed by atoms with Gasteiger partial charge in [-0.3, -0.25) is 9.78 Å². The summed E-state index contributed by atoms with van der Waals surface area (Å²) in [5.41, 5.74) is 3.82. The molecule has 1 fully saturated rings. The number of hydrogen-bond donors (Lipinski definition) is 2. The number of aromatic nitrogens is 1. The van der Waals surface area contributed by atoms with Crippen molar-refractivity contribution in [3.05, 3.63) is 82.6 Å². The molecule has 12 heteroatoms. The van der Waals surface area contributed by atoms with Crippen LogP contribution in [0.3, 0.4) is 0 Å². The van der Waals surface area contributed by atoms with Gasteiger partial charge in [0.15, 0.2) is 0 Å². The maximum atomic E-state index is 12.8. The monoisotopic (exact) mass is 594 g/mol. The first-order valence-corrected chi connectivity index (χ1v) is 12.3. The van der Waals surface area contributed by atoms with Gasteiger partial charge in [-0.1, -0.05) is 34.1 Å². The van der Waals surface area contributed by atoms with E-state index in [2.05, 4.69) is 42.1 Å². The number of carbonyl (C=O) groups is 2. The number of piperazine rings is 1. The normalized spacial score (nSPS) is 13.3. The Balaban J connectivity index is 0.000000505. The number of para-hydroxylation sites is 1. The van der Waals surface area contributed by atoms with E-state index < -0.39 is 12.1 Å². The van der Waals surface area contributed by atoms with E-state index in [4.69, 9.17) is 14.6 Å². The molecule has 3 aromatic rings. The summed E-state index contributed by atoms with van der Waals surface area (Å²) in [5, 5.41) is 10.1. The highest BCUT2D eigenvalue weighted by atomic mass is 79.9. The van der Waals surface area contributed by atoms with E-state index in [9.17, 15) is 18.0 Å². The number of carbonyl (C=O) groups excluding carboxylic acids is 1. The van der Waals surface area contributed by atoms with E-state index in [1.807, 2.05) is 60.9 Å². The summed E-state index contributed by atoms with van der Waals surface area (Å²) >= 11 is 3.57. The molecule has 2 N–H and O–H groups in total. The molecule has 1 aromatic heterocycles. The molecule has 2 aromatic carbocycles. The molecule has 0 saturated carbocycles. The molecule has 38 heavy (non-hydrogen) atoms. The van der Waals surface area contributed by atoms with Crippen LogP contribution in [0.25, 0.3) is 0 Å². The van der Waals surface area contributed by atoms with Crippen LogP contribution in [0.15, 0.2) is 71.5 Å². The molecule has 0 atom stereocenters. The second-order valence-electron chi connectivity index (χ2n) is 8.18. The summed E-state index contributed by atoms with van der Waals surface area (Å²) in [5.74, 6) is -2.10. The molecule has 8 nitrogen and oxygen atoms in total. The van der Waals surface area contributed by atoms with Gasteiger partial charge in [0.25, 0.3) is 5.91 Å². The Morgan fingerprint density at radius 3 is 2.16 bits per heavy atom. The number of rotatable bonds is 6. The molecule has 0 unspecified atom stereocenters. The number of ether oxygens (including phenoxy) is 1. The fourth-order valence-corrected chi connectivity index (χ4v) is 4.27. The molecule has 1 aliphatic heterocycles. The smallest absolute Gasteiger partial charge is 0.490 e. The number of nitrogens with zero attached hydrogens (tertiary/aromatic N) is 3. The van der Waals surface area contributed by atoms with Crippen LogP contribution in [0.1, 0.15) is 15.9 Å². The first-order valence-electron chi connectivity index (χ1n) is 11.5. The maximum Gasteiger partial charge on any atom is 0.490 e. The Morgan fingerprint density at radius 2 is 1.58 bits per heavy atom. The Bertz CT molecular complexity index is 1240. The summed E-state index contributed by atoms with van der Waals surface area (Å²) in [6, 6.07) is 17.7. The van der Waals surface area contributed by atoms with E-state index in [0.29, 0.717) is 12.1 Å². The van der Waals surface area contributed by atoms with Crippen LogP contribution in [0.2, 0.25) is 0 Å². The number of pyridine rings is 1. The Kier molecular flexibility index (Phi) is 9.94. The second kappa shape index (κ2) is 13.1. The van der Waals surface area contributed by atoms with Gasteiger partial charge in [0.2, 0.25) is 0 Å². The average molecular weight is 595 g/mol. The maximum absolute atomic E-state index is 12.8. The quantitative estimate of drug-likeness (QED) is 0.425. The molecule has 202 valence electrons. The topological polar surface area (TPSA) is 95.0 Å². The standard InChI is InChI=1S/C24H25BrN4O2.C2HF3O2/c1-31-23-5-3-2-4-18(23)17-27-24(30)19-14-20(25)16-22(15-19)29-12-10-28(11-13-29)21-6-8-26-9-7-21;3-2(4,5)1(6)7/h2-9,14-16H,10-13,17H2,1H3,(H,27,30);(H,6,7). The number of halogens is 4. The fraction of sp³-hybridized carbons (Fsp3) is 0.269. The van der Waals surface area contributed by atoms with Crippen molar-refractivity contribution in [2.75, 3.05) is 43.1 Å². The van der Waals surface area contributed by atoms with Crippen LogP contribution in [-0.2, 0) is 11.3 Å². The van der Waals surface area contributed by atoms with Crippen LogP contribution >= 0.6 is 15.9 Å². The van der Waals surface area contributed by atoms with Gasteiger partial charge < -0.3 is 25.0 Å². The Morgan fingerprint density at radius 1 is 1.00 bits per heavy atom. The predicted octanol–water partition coefficient (Wildman–Crippen LogP) is 4.74. The number of alkyl halides is 3. The van der Waals surface area contributed by atoms with Crippen molar-refractivity contribution >= 4 is 39.2 Å². The van der Waals surface area contributed by atoms with Gasteiger partial charge in [-0.25, -0.2) is 4.79 Å². The van der Waals surface area contributed by atoms with Crippen molar-refractivity contribution in [3.8, 4) is 5.75 Å². The van der Waals surface area contributed by atoms with Crippen LogP contribution < -0.4 is 19.9 Å². The van der Waals surface area contributed by atoms with E-state index in [1.54, 1.807) is 7.11 Å². The van der Waals surface area contributed by atoms with Crippen LogP contribution in [0.4, 0.5) is 24.5 Å². The van der Waals surface area contributed by atoms with E-state index in [0.717, 1.165) is 47.7 Å². The molecule has 0 radical (unpaired) electrons. The molecule has 2 heterocycles. The zero-order valence-corrected chi connectivity index (χ0v) is 22.0. The van der Waals surface area contributed by atoms with Crippen molar-refractivity contribution in [3.63, 3.8) is 0 Å². The second-order valence-corrected chi connectivity index (χ2v) is 9.09. The summed E-state index contributed by atoms with van der Waals surface area (Å²) < 4.78 is 38.0. The zero-order valence-electron chi connectivity index (χ0n) is 20.4. The molecule has 0 bridgehead atoms. The molecular formula is C26H26BrF3N4O4. The third-order valence-electron chi connectivity index (χ3n) is 5.69. The molecule has 0 spiro atoms. The lowest BCUT2D eigenvalue weighted by Crippen LogP contribution is -2.46. The molecule has 1 saturated heterocycles. The van der Waals surface area contributed by atoms with Gasteiger partial charge in [-0.05, 0) is 36.4 Å². The lowest BCUT2D eigenvalue weighted by molar-refractivity contribution is -0.192. The Hall–Kier alpha value is -3.80. The SMILES string of the molecule is COc1ccccc1CNC(=O)c1cc(Br)cc(N2CCN(c3ccncc3)CC2)c1.O=C(O)C(F)(F)F. The zero-order chi connectivity index (χ0) is 27.7. The van der Waals surface area contributed by atoms with Crippen LogP contribution in [-0.4, -0.2) is 61.4 Å². The highest BCUT2D eigenvalue weighted by Crippen LogP contribution is 2.26. The fourth-order valence-electron chi connectivity index (χ4n) is 3.79. The lowest BCUT2D eigenvalue weighted by atomic mass is 10.1. The third-order valence-corrected chi connectivity index (χ3v) is 6.15. The Labute approximate surface area is 226 Å². The first-order chi connectivity index (χ1) is 18.1. The van der Waals surface area contributed by atoms with Crippen molar-refractivity contribution in [1.82, 2.24) is 10.3 Å². The van der Waals surface area contributed by atoms with Crippen molar-refractivity contribution in [1.29, 1.82) is 0 Å². The minimum atomic E-state index is -5.08. The number of aliphatic carboxylic acids is 1. The largest absolute Gasteiger partial charge is 0.496 e. The van der Waals surface area contributed by atoms with Crippen LogP contribution in [0, 0.1) is 0 Å². The number of amides is 1. The molecule has 1 amide bonds. The van der Waals surface area contributed by atoms with Gasteiger partial charge in [-0.2, -0.15) is 13.2 Å². The van der Waals surface area contributed by atoms with Gasteiger partial charge in [0, 0.05) is 72.1 Å². The van der Waals surface area contributed by atoms with Gasteiger partial charge >= 0.3 is 12.1 Å². The molecular weight excluding hydrogens is 569 g/mol. The summed E-state index contributed by atoms with van der Waals surface area (Å²) in [7, 11) is 1.63. The molecule has 4 rings (SSSR count). The molecule has 1 aliphatic rings. The van der Waals surface area contributed by atoms with Crippen molar-refractivity contribution in [2.45, 2.75) is 12.7 Å². The summed E-state index contributed by atoms with van der Waals surface area (Å²) in [6.45, 7) is 4.04. The highest BCUT2D eigenvalue weighted by Gasteiger charge is 2.38. The number of carboxylic acids is 1. The number of benzene rings is 2. The van der Waals surface area contributed by atoms with Gasteiger partial charge in [-0.15, -0.1) is 0 Å². The number of methoxy groups -OCH3 is 1. The number of anilines is 2. The van der Waals surface area contributed by atoms with E-state index in [1.165, 1.54) is 5.69 Å².